The second kappa shape index (κ2) is 2.09. The van der Waals surface area contributed by atoms with E-state index in [2.05, 4.69) is 0 Å². The van der Waals surface area contributed by atoms with Crippen LogP contribution >= 0.6 is 0 Å². The Morgan fingerprint density at radius 2 is 2.08 bits per heavy atom. The Morgan fingerprint density at radius 1 is 1.42 bits per heavy atom. The average molecular weight is 168 g/mol. The molecule has 1 aliphatic carbocycles. The lowest BCUT2D eigenvalue weighted by Crippen LogP contribution is -2.40. The zero-order valence-corrected chi connectivity index (χ0v) is 7.29. The maximum Gasteiger partial charge on any atom is 0.317 e. The zero-order chi connectivity index (χ0) is 8.93. The van der Waals surface area contributed by atoms with Crippen molar-refractivity contribution < 1.29 is 14.3 Å². The van der Waals surface area contributed by atoms with Crippen molar-refractivity contribution in [2.45, 2.75) is 32.8 Å². The Hall–Kier alpha value is -0.860. The molecule has 0 aromatic rings. The summed E-state index contributed by atoms with van der Waals surface area (Å²) >= 11 is 0. The SMILES string of the molecule is CC1(C)[C@@H]2C(=O)CC[C@H]1OC2=O. The fourth-order valence-corrected chi connectivity index (χ4v) is 2.24. The molecular weight excluding hydrogens is 156 g/mol. The van der Waals surface area contributed by atoms with E-state index in [1.54, 1.807) is 0 Å². The fraction of sp³-hybridized carbons (Fsp3) is 0.778. The summed E-state index contributed by atoms with van der Waals surface area (Å²) in [4.78, 5) is 22.6. The lowest BCUT2D eigenvalue weighted by Gasteiger charge is -2.31. The molecule has 1 saturated heterocycles. The second-order valence-electron chi connectivity index (χ2n) is 4.18. The van der Waals surface area contributed by atoms with Crippen LogP contribution in [0.25, 0.3) is 0 Å². The molecule has 2 atom stereocenters. The van der Waals surface area contributed by atoms with Gasteiger partial charge in [-0.25, -0.2) is 0 Å². The molecule has 0 amide bonds. The van der Waals surface area contributed by atoms with E-state index < -0.39 is 5.92 Å². The molecule has 66 valence electrons. The summed E-state index contributed by atoms with van der Waals surface area (Å²) in [5.74, 6) is -0.748. The van der Waals surface area contributed by atoms with E-state index in [4.69, 9.17) is 4.74 Å². The van der Waals surface area contributed by atoms with E-state index in [-0.39, 0.29) is 23.3 Å². The molecular formula is C9H12O3. The van der Waals surface area contributed by atoms with Crippen molar-refractivity contribution in [2.24, 2.45) is 11.3 Å². The molecule has 12 heavy (non-hydrogen) atoms. The molecule has 1 saturated carbocycles. The van der Waals surface area contributed by atoms with Gasteiger partial charge < -0.3 is 4.74 Å². The van der Waals surface area contributed by atoms with Crippen LogP contribution in [0.4, 0.5) is 0 Å². The third-order valence-electron chi connectivity index (χ3n) is 3.04. The summed E-state index contributed by atoms with van der Waals surface area (Å²) in [6.45, 7) is 3.87. The molecule has 0 spiro atoms. The largest absolute Gasteiger partial charge is 0.461 e. The first kappa shape index (κ1) is 7.77. The predicted octanol–water partition coefficient (Wildman–Crippen LogP) is 0.917. The molecule has 0 aromatic heterocycles. The quantitative estimate of drug-likeness (QED) is 0.399. The van der Waals surface area contributed by atoms with Gasteiger partial charge >= 0.3 is 5.97 Å². The smallest absolute Gasteiger partial charge is 0.317 e. The Labute approximate surface area is 71.1 Å². The highest BCUT2D eigenvalue weighted by Crippen LogP contribution is 2.46. The van der Waals surface area contributed by atoms with Gasteiger partial charge in [-0.3, -0.25) is 9.59 Å². The van der Waals surface area contributed by atoms with Crippen LogP contribution in [0.5, 0.6) is 0 Å². The first-order valence-corrected chi connectivity index (χ1v) is 4.26. The Bertz CT molecular complexity index is 246. The molecule has 3 heteroatoms. The van der Waals surface area contributed by atoms with Crippen molar-refractivity contribution >= 4 is 11.8 Å². The monoisotopic (exact) mass is 168 g/mol. The van der Waals surface area contributed by atoms with Crippen LogP contribution in [0, 0.1) is 11.3 Å². The molecule has 3 nitrogen and oxygen atoms in total. The minimum absolute atomic E-state index is 0.0345. The zero-order valence-electron chi connectivity index (χ0n) is 7.29. The Morgan fingerprint density at radius 3 is 2.67 bits per heavy atom. The third kappa shape index (κ3) is 0.765. The standard InChI is InChI=1S/C9H12O3/c1-9(2)6-4-3-5(10)7(9)8(11)12-6/h6-7H,3-4H2,1-2H3/t6-,7-/m1/s1. The number of esters is 1. The normalized spacial score (nSPS) is 38.2. The molecule has 1 aliphatic heterocycles. The van der Waals surface area contributed by atoms with Crippen LogP contribution in [-0.2, 0) is 14.3 Å². The van der Waals surface area contributed by atoms with Crippen LogP contribution in [0.2, 0.25) is 0 Å². The highest BCUT2D eigenvalue weighted by Gasteiger charge is 2.56. The molecule has 2 bridgehead atoms. The van der Waals surface area contributed by atoms with E-state index in [0.29, 0.717) is 12.8 Å². The van der Waals surface area contributed by atoms with Crippen LogP contribution in [0.15, 0.2) is 0 Å². The molecule has 2 rings (SSSR count). The van der Waals surface area contributed by atoms with E-state index in [1.165, 1.54) is 0 Å². The summed E-state index contributed by atoms with van der Waals surface area (Å²) < 4.78 is 5.11. The molecule has 0 unspecified atom stereocenters. The van der Waals surface area contributed by atoms with E-state index in [0.717, 1.165) is 0 Å². The van der Waals surface area contributed by atoms with Crippen LogP contribution in [-0.4, -0.2) is 17.9 Å². The second-order valence-corrected chi connectivity index (χ2v) is 4.18. The number of carbonyl (C=O) groups is 2. The number of rotatable bonds is 0. The minimum atomic E-state index is -0.490. The summed E-state index contributed by atoms with van der Waals surface area (Å²) in [5, 5.41) is 0. The van der Waals surface area contributed by atoms with Crippen molar-refractivity contribution in [3.05, 3.63) is 0 Å². The maximum atomic E-state index is 11.4. The highest BCUT2D eigenvalue weighted by molar-refractivity contribution is 6.02. The van der Waals surface area contributed by atoms with Crippen molar-refractivity contribution in [3.63, 3.8) is 0 Å². The highest BCUT2D eigenvalue weighted by atomic mass is 16.6. The van der Waals surface area contributed by atoms with Crippen LogP contribution < -0.4 is 0 Å². The Kier molecular flexibility index (Phi) is 1.35. The summed E-state index contributed by atoms with van der Waals surface area (Å²) in [6, 6.07) is 0. The van der Waals surface area contributed by atoms with Gasteiger partial charge in [-0.05, 0) is 6.42 Å². The van der Waals surface area contributed by atoms with Crippen molar-refractivity contribution in [1.29, 1.82) is 0 Å². The lowest BCUT2D eigenvalue weighted by molar-refractivity contribution is -0.145. The molecule has 0 aromatic carbocycles. The van der Waals surface area contributed by atoms with E-state index in [9.17, 15) is 9.59 Å². The Balaban J connectivity index is 2.42. The van der Waals surface area contributed by atoms with Gasteiger partial charge in [-0.2, -0.15) is 0 Å². The third-order valence-corrected chi connectivity index (χ3v) is 3.04. The van der Waals surface area contributed by atoms with Gasteiger partial charge in [0.2, 0.25) is 0 Å². The number of ketones is 1. The first-order valence-electron chi connectivity index (χ1n) is 4.26. The summed E-state index contributed by atoms with van der Waals surface area (Å²) in [5.41, 5.74) is -0.271. The van der Waals surface area contributed by atoms with Gasteiger partial charge in [0.05, 0.1) is 0 Å². The van der Waals surface area contributed by atoms with Crippen molar-refractivity contribution in [1.82, 2.24) is 0 Å². The van der Waals surface area contributed by atoms with Gasteiger partial charge in [0.1, 0.15) is 17.8 Å². The van der Waals surface area contributed by atoms with Crippen LogP contribution in [0.1, 0.15) is 26.7 Å². The molecule has 0 radical (unpaired) electrons. The van der Waals surface area contributed by atoms with Gasteiger partial charge in [-0.1, -0.05) is 13.8 Å². The summed E-state index contributed by atoms with van der Waals surface area (Å²) in [6.07, 6.45) is 1.17. The van der Waals surface area contributed by atoms with Crippen molar-refractivity contribution in [2.75, 3.05) is 0 Å². The van der Waals surface area contributed by atoms with Gasteiger partial charge in [0.15, 0.2) is 0 Å². The molecule has 2 aliphatic rings. The number of carbonyl (C=O) groups excluding carboxylic acids is 2. The average Bonchev–Trinajstić information content (AvgIpc) is 2.12. The van der Waals surface area contributed by atoms with Gasteiger partial charge in [0.25, 0.3) is 0 Å². The minimum Gasteiger partial charge on any atom is -0.461 e. The summed E-state index contributed by atoms with van der Waals surface area (Å²) in [7, 11) is 0. The molecule has 0 N–H and O–H groups in total. The van der Waals surface area contributed by atoms with Gasteiger partial charge in [-0.15, -0.1) is 0 Å². The number of ether oxygens (including phenoxy) is 1. The first-order chi connectivity index (χ1) is 5.53. The predicted molar refractivity (Wildman–Crippen MR) is 41.4 cm³/mol. The van der Waals surface area contributed by atoms with E-state index in [1.807, 2.05) is 13.8 Å². The van der Waals surface area contributed by atoms with Crippen LogP contribution in [0.3, 0.4) is 0 Å². The van der Waals surface area contributed by atoms with Crippen molar-refractivity contribution in [3.8, 4) is 0 Å². The van der Waals surface area contributed by atoms with E-state index >= 15 is 0 Å². The number of hydrogen-bond acceptors (Lipinski definition) is 3. The number of hydrogen-bond donors (Lipinski definition) is 0. The van der Waals surface area contributed by atoms with Gasteiger partial charge in [0, 0.05) is 11.8 Å². The molecule has 2 fully saturated rings. The topological polar surface area (TPSA) is 43.4 Å². The fourth-order valence-electron chi connectivity index (χ4n) is 2.24. The number of fused-ring (bicyclic) bond motifs is 2. The molecule has 1 heterocycles. The number of Topliss-reactive ketones (excluding diaryl/α,β-unsaturated/α-hetero) is 1. The lowest BCUT2D eigenvalue weighted by atomic mass is 9.68. The maximum absolute atomic E-state index is 11.4.